The third-order valence-electron chi connectivity index (χ3n) is 2.74. The lowest BCUT2D eigenvalue weighted by atomic mass is 10.2. The van der Waals surface area contributed by atoms with Crippen LogP contribution in [0.2, 0.25) is 0 Å². The number of H-pyrrole nitrogens is 1. The molecule has 0 aliphatic carbocycles. The molecule has 86 valence electrons. The molecular weight excluding hydrogens is 236 g/mol. The first-order valence-electron chi connectivity index (χ1n) is 5.13. The summed E-state index contributed by atoms with van der Waals surface area (Å²) in [6, 6.07) is 9.53. The molecule has 0 unspecified atom stereocenters. The Hall–Kier alpha value is -1.88. The Bertz CT molecular complexity index is 819. The van der Waals surface area contributed by atoms with Gasteiger partial charge < -0.3 is 4.98 Å². The van der Waals surface area contributed by atoms with Gasteiger partial charge in [-0.1, -0.05) is 18.2 Å². The van der Waals surface area contributed by atoms with E-state index in [0.29, 0.717) is 5.52 Å². The number of nitrogens with one attached hydrogen (secondary N) is 1. The van der Waals surface area contributed by atoms with Crippen molar-refractivity contribution in [1.29, 1.82) is 0 Å². The molecule has 0 amide bonds. The van der Waals surface area contributed by atoms with Crippen LogP contribution in [0.3, 0.4) is 0 Å². The normalized spacial score (nSPS) is 12.3. The Balaban J connectivity index is 2.57. The smallest absolute Gasteiger partial charge is 0.194 e. The molecule has 1 N–H and O–H groups in total. The van der Waals surface area contributed by atoms with E-state index in [0.717, 1.165) is 16.3 Å². The molecule has 5 heteroatoms. The first-order chi connectivity index (χ1) is 8.07. The molecule has 4 nitrogen and oxygen atoms in total. The second kappa shape index (κ2) is 3.30. The second-order valence-electron chi connectivity index (χ2n) is 3.98. The van der Waals surface area contributed by atoms with Gasteiger partial charge in [-0.25, -0.2) is 13.4 Å². The molecule has 0 fully saturated rings. The van der Waals surface area contributed by atoms with E-state index in [1.165, 1.54) is 12.5 Å². The van der Waals surface area contributed by atoms with E-state index in [1.807, 2.05) is 30.3 Å². The van der Waals surface area contributed by atoms with Gasteiger partial charge in [0, 0.05) is 28.7 Å². The van der Waals surface area contributed by atoms with Gasteiger partial charge in [-0.05, 0) is 12.1 Å². The van der Waals surface area contributed by atoms with E-state index in [-0.39, 0.29) is 5.03 Å². The summed E-state index contributed by atoms with van der Waals surface area (Å²) in [4.78, 5) is 7.07. The molecule has 2 heterocycles. The van der Waals surface area contributed by atoms with Crippen LogP contribution in [0.5, 0.6) is 0 Å². The third kappa shape index (κ3) is 1.51. The molecule has 0 bridgehead atoms. The van der Waals surface area contributed by atoms with Crippen LogP contribution in [0.25, 0.3) is 21.8 Å². The molecule has 3 rings (SSSR count). The SMILES string of the molecule is CS(=O)(=O)c1nccc2c1[nH]c1ccccc12. The molecule has 3 aromatic rings. The van der Waals surface area contributed by atoms with Crippen molar-refractivity contribution >= 4 is 31.6 Å². The summed E-state index contributed by atoms with van der Waals surface area (Å²) in [7, 11) is -3.32. The predicted octanol–water partition coefficient (Wildman–Crippen LogP) is 2.12. The number of hydrogen-bond acceptors (Lipinski definition) is 3. The maximum absolute atomic E-state index is 11.6. The summed E-state index contributed by atoms with van der Waals surface area (Å²) < 4.78 is 23.3. The number of aromatic nitrogens is 2. The number of hydrogen-bond donors (Lipinski definition) is 1. The summed E-state index contributed by atoms with van der Waals surface area (Å²) in [5, 5.41) is 2.00. The Labute approximate surface area is 98.2 Å². The van der Waals surface area contributed by atoms with Crippen LogP contribution in [-0.4, -0.2) is 24.6 Å². The maximum Gasteiger partial charge on any atom is 0.194 e. The van der Waals surface area contributed by atoms with Gasteiger partial charge >= 0.3 is 0 Å². The van der Waals surface area contributed by atoms with E-state index >= 15 is 0 Å². The van der Waals surface area contributed by atoms with Gasteiger partial charge in [0.1, 0.15) is 0 Å². The second-order valence-corrected chi connectivity index (χ2v) is 5.91. The molecular formula is C12H10N2O2S. The highest BCUT2D eigenvalue weighted by molar-refractivity contribution is 7.90. The molecule has 0 radical (unpaired) electrons. The number of benzene rings is 1. The van der Waals surface area contributed by atoms with Crippen molar-refractivity contribution in [2.45, 2.75) is 5.03 Å². The van der Waals surface area contributed by atoms with E-state index in [1.54, 1.807) is 0 Å². The molecule has 0 spiro atoms. The number of nitrogens with zero attached hydrogens (tertiary/aromatic N) is 1. The van der Waals surface area contributed by atoms with Crippen molar-refractivity contribution < 1.29 is 8.42 Å². The van der Waals surface area contributed by atoms with Gasteiger partial charge in [-0.2, -0.15) is 0 Å². The molecule has 0 aliphatic heterocycles. The highest BCUT2D eigenvalue weighted by atomic mass is 32.2. The Morgan fingerprint density at radius 2 is 1.88 bits per heavy atom. The minimum atomic E-state index is -3.32. The Morgan fingerprint density at radius 3 is 2.65 bits per heavy atom. The van der Waals surface area contributed by atoms with Crippen molar-refractivity contribution in [3.63, 3.8) is 0 Å². The topological polar surface area (TPSA) is 62.8 Å². The van der Waals surface area contributed by atoms with Crippen LogP contribution in [0, 0.1) is 0 Å². The average molecular weight is 246 g/mol. The largest absolute Gasteiger partial charge is 0.352 e. The van der Waals surface area contributed by atoms with Gasteiger partial charge in [-0.15, -0.1) is 0 Å². The van der Waals surface area contributed by atoms with Crippen LogP contribution in [0.4, 0.5) is 0 Å². The maximum atomic E-state index is 11.6. The highest BCUT2D eigenvalue weighted by Gasteiger charge is 2.16. The quantitative estimate of drug-likeness (QED) is 0.715. The van der Waals surface area contributed by atoms with Crippen LogP contribution >= 0.6 is 0 Å². The Morgan fingerprint density at radius 1 is 1.12 bits per heavy atom. The molecule has 0 aliphatic rings. The number of rotatable bonds is 1. The van der Waals surface area contributed by atoms with Crippen molar-refractivity contribution in [2.75, 3.05) is 6.26 Å². The van der Waals surface area contributed by atoms with Gasteiger partial charge in [0.25, 0.3) is 0 Å². The van der Waals surface area contributed by atoms with E-state index in [4.69, 9.17) is 0 Å². The van der Waals surface area contributed by atoms with Crippen molar-refractivity contribution in [1.82, 2.24) is 9.97 Å². The van der Waals surface area contributed by atoms with Crippen molar-refractivity contribution in [3.05, 3.63) is 36.5 Å². The van der Waals surface area contributed by atoms with Gasteiger partial charge in [0.2, 0.25) is 0 Å². The summed E-state index contributed by atoms with van der Waals surface area (Å²) >= 11 is 0. The first-order valence-corrected chi connectivity index (χ1v) is 7.02. The number of sulfone groups is 1. The van der Waals surface area contributed by atoms with Crippen LogP contribution < -0.4 is 0 Å². The van der Waals surface area contributed by atoms with Crippen LogP contribution in [-0.2, 0) is 9.84 Å². The summed E-state index contributed by atoms with van der Waals surface area (Å²) in [6.07, 6.45) is 2.69. The lowest BCUT2D eigenvalue weighted by Gasteiger charge is -1.98. The minimum Gasteiger partial charge on any atom is -0.352 e. The van der Waals surface area contributed by atoms with Crippen LogP contribution in [0.15, 0.2) is 41.6 Å². The molecule has 0 saturated carbocycles. The zero-order valence-electron chi connectivity index (χ0n) is 9.14. The summed E-state index contributed by atoms with van der Waals surface area (Å²) in [6.45, 7) is 0. The van der Waals surface area contributed by atoms with Gasteiger partial charge in [0.15, 0.2) is 14.9 Å². The average Bonchev–Trinajstić information content (AvgIpc) is 2.65. The zero-order chi connectivity index (χ0) is 12.0. The van der Waals surface area contributed by atoms with E-state index < -0.39 is 9.84 Å². The van der Waals surface area contributed by atoms with Gasteiger partial charge in [0.05, 0.1) is 5.52 Å². The molecule has 0 atom stereocenters. The molecule has 0 saturated heterocycles. The van der Waals surface area contributed by atoms with Gasteiger partial charge in [-0.3, -0.25) is 0 Å². The fraction of sp³-hybridized carbons (Fsp3) is 0.0833. The lowest BCUT2D eigenvalue weighted by Crippen LogP contribution is -2.00. The predicted molar refractivity (Wildman–Crippen MR) is 66.7 cm³/mol. The van der Waals surface area contributed by atoms with E-state index in [2.05, 4.69) is 9.97 Å². The molecule has 1 aromatic carbocycles. The number of para-hydroxylation sites is 1. The first kappa shape index (κ1) is 10.3. The zero-order valence-corrected chi connectivity index (χ0v) is 9.95. The van der Waals surface area contributed by atoms with Crippen LogP contribution in [0.1, 0.15) is 0 Å². The highest BCUT2D eigenvalue weighted by Crippen LogP contribution is 2.27. The van der Waals surface area contributed by atoms with Crippen molar-refractivity contribution in [2.24, 2.45) is 0 Å². The third-order valence-corrected chi connectivity index (χ3v) is 3.76. The lowest BCUT2D eigenvalue weighted by molar-refractivity contribution is 0.599. The molecule has 2 aromatic heterocycles. The Kier molecular flexibility index (Phi) is 2.00. The van der Waals surface area contributed by atoms with Crippen molar-refractivity contribution in [3.8, 4) is 0 Å². The van der Waals surface area contributed by atoms with E-state index in [9.17, 15) is 8.42 Å². The fourth-order valence-electron chi connectivity index (χ4n) is 2.03. The fourth-order valence-corrected chi connectivity index (χ4v) is 2.81. The number of pyridine rings is 1. The monoisotopic (exact) mass is 246 g/mol. The number of fused-ring (bicyclic) bond motifs is 3. The summed E-state index contributed by atoms with van der Waals surface area (Å²) in [5.41, 5.74) is 1.50. The summed E-state index contributed by atoms with van der Waals surface area (Å²) in [5.74, 6) is 0. The number of aromatic amines is 1. The standard InChI is InChI=1S/C12H10N2O2S/c1-17(15,16)12-11-9(6-7-13-12)8-4-2-3-5-10(8)14-11/h2-7,14H,1H3. The molecule has 17 heavy (non-hydrogen) atoms. The minimum absolute atomic E-state index is 0.103.